The summed E-state index contributed by atoms with van der Waals surface area (Å²) in [6, 6.07) is 18.7. The zero-order valence-electron chi connectivity index (χ0n) is 17.9. The van der Waals surface area contributed by atoms with Crippen molar-refractivity contribution in [3.63, 3.8) is 0 Å². The van der Waals surface area contributed by atoms with E-state index in [0.717, 1.165) is 16.7 Å². The molecule has 1 amide bonds. The van der Waals surface area contributed by atoms with Crippen molar-refractivity contribution in [1.82, 2.24) is 14.4 Å². The SMILES string of the molecule is Cc1ccc(-c2cc(NC(=O)CN3CCN(S(=O)(=O)Cc4ccccc4)CC3)on2)cc1. The van der Waals surface area contributed by atoms with Crippen LogP contribution < -0.4 is 5.32 Å². The molecule has 1 aromatic heterocycles. The minimum Gasteiger partial charge on any atom is -0.338 e. The number of benzene rings is 2. The molecule has 0 saturated carbocycles. The van der Waals surface area contributed by atoms with Crippen LogP contribution in [0, 0.1) is 6.92 Å². The lowest BCUT2D eigenvalue weighted by molar-refractivity contribution is -0.117. The van der Waals surface area contributed by atoms with Gasteiger partial charge in [-0.3, -0.25) is 15.0 Å². The van der Waals surface area contributed by atoms with Crippen LogP contribution in [-0.4, -0.2) is 61.4 Å². The van der Waals surface area contributed by atoms with Crippen LogP contribution in [0.1, 0.15) is 11.1 Å². The number of nitrogens with one attached hydrogen (secondary N) is 1. The normalized spacial score (nSPS) is 15.5. The Kier molecular flexibility index (Phi) is 6.69. The number of carbonyl (C=O) groups is 1. The fourth-order valence-electron chi connectivity index (χ4n) is 3.62. The molecule has 0 unspecified atom stereocenters. The molecule has 0 spiro atoms. The van der Waals surface area contributed by atoms with Crippen molar-refractivity contribution in [2.75, 3.05) is 38.0 Å². The van der Waals surface area contributed by atoms with E-state index < -0.39 is 10.0 Å². The molecule has 4 rings (SSSR count). The van der Waals surface area contributed by atoms with Gasteiger partial charge in [0.2, 0.25) is 21.8 Å². The van der Waals surface area contributed by atoms with Crippen LogP contribution in [0.25, 0.3) is 11.3 Å². The van der Waals surface area contributed by atoms with Crippen LogP contribution in [0.15, 0.2) is 65.2 Å². The summed E-state index contributed by atoms with van der Waals surface area (Å²) in [5.74, 6) is 0.0511. The van der Waals surface area contributed by atoms with E-state index in [1.165, 1.54) is 4.31 Å². The molecule has 0 atom stereocenters. The molecule has 8 nitrogen and oxygen atoms in total. The lowest BCUT2D eigenvalue weighted by atomic mass is 10.1. The van der Waals surface area contributed by atoms with Crippen LogP contribution in [0.3, 0.4) is 0 Å². The number of nitrogens with zero attached hydrogens (tertiary/aromatic N) is 3. The second-order valence-electron chi connectivity index (χ2n) is 7.91. The number of aryl methyl sites for hydroxylation is 1. The molecule has 1 aliphatic heterocycles. The van der Waals surface area contributed by atoms with Crippen LogP contribution in [-0.2, 0) is 20.6 Å². The van der Waals surface area contributed by atoms with Crippen molar-refractivity contribution in [2.45, 2.75) is 12.7 Å². The minimum absolute atomic E-state index is 0.0108. The summed E-state index contributed by atoms with van der Waals surface area (Å²) in [6.07, 6.45) is 0. The van der Waals surface area contributed by atoms with Crippen molar-refractivity contribution in [1.29, 1.82) is 0 Å². The number of amides is 1. The Morgan fingerprint density at radius 1 is 1.03 bits per heavy atom. The third-order valence-electron chi connectivity index (χ3n) is 5.40. The Morgan fingerprint density at radius 3 is 2.41 bits per heavy atom. The number of hydrogen-bond donors (Lipinski definition) is 1. The zero-order chi connectivity index (χ0) is 22.6. The fraction of sp³-hybridized carbons (Fsp3) is 0.304. The van der Waals surface area contributed by atoms with Crippen molar-refractivity contribution in [2.24, 2.45) is 0 Å². The second kappa shape index (κ2) is 9.64. The van der Waals surface area contributed by atoms with Crippen LogP contribution in [0.2, 0.25) is 0 Å². The summed E-state index contributed by atoms with van der Waals surface area (Å²) < 4.78 is 32.1. The topological polar surface area (TPSA) is 95.8 Å². The summed E-state index contributed by atoms with van der Waals surface area (Å²) in [6.45, 7) is 3.88. The average Bonchev–Trinajstić information content (AvgIpc) is 3.23. The Labute approximate surface area is 187 Å². The molecule has 2 aromatic carbocycles. The van der Waals surface area contributed by atoms with E-state index in [4.69, 9.17) is 4.52 Å². The molecule has 3 aromatic rings. The zero-order valence-corrected chi connectivity index (χ0v) is 18.7. The molecule has 1 aliphatic rings. The molecule has 32 heavy (non-hydrogen) atoms. The highest BCUT2D eigenvalue weighted by Gasteiger charge is 2.28. The Morgan fingerprint density at radius 2 is 1.72 bits per heavy atom. The lowest BCUT2D eigenvalue weighted by Crippen LogP contribution is -2.50. The molecule has 9 heteroatoms. The van der Waals surface area contributed by atoms with Gasteiger partial charge in [0.1, 0.15) is 5.69 Å². The Hall–Kier alpha value is -3.01. The molecule has 1 saturated heterocycles. The maximum atomic E-state index is 12.7. The van der Waals surface area contributed by atoms with Crippen molar-refractivity contribution < 1.29 is 17.7 Å². The first-order valence-electron chi connectivity index (χ1n) is 10.5. The third-order valence-corrected chi connectivity index (χ3v) is 7.25. The van der Waals surface area contributed by atoms with E-state index in [2.05, 4.69) is 10.5 Å². The second-order valence-corrected chi connectivity index (χ2v) is 9.88. The van der Waals surface area contributed by atoms with Gasteiger partial charge in [0.05, 0.1) is 12.3 Å². The van der Waals surface area contributed by atoms with Gasteiger partial charge >= 0.3 is 0 Å². The molecular formula is C23H26N4O4S. The maximum absolute atomic E-state index is 12.7. The number of carbonyl (C=O) groups excluding carboxylic acids is 1. The molecule has 0 bridgehead atoms. The first-order valence-corrected chi connectivity index (χ1v) is 12.1. The number of anilines is 1. The number of sulfonamides is 1. The summed E-state index contributed by atoms with van der Waals surface area (Å²) in [5.41, 5.74) is 3.48. The summed E-state index contributed by atoms with van der Waals surface area (Å²) in [4.78, 5) is 14.3. The van der Waals surface area contributed by atoms with Crippen LogP contribution in [0.4, 0.5) is 5.88 Å². The number of hydrogen-bond acceptors (Lipinski definition) is 6. The molecule has 0 aliphatic carbocycles. The van der Waals surface area contributed by atoms with Gasteiger partial charge in [0.15, 0.2) is 0 Å². The van der Waals surface area contributed by atoms with Gasteiger partial charge in [-0.15, -0.1) is 0 Å². The lowest BCUT2D eigenvalue weighted by Gasteiger charge is -2.33. The van der Waals surface area contributed by atoms with Gasteiger partial charge in [-0.25, -0.2) is 8.42 Å². The van der Waals surface area contributed by atoms with E-state index >= 15 is 0 Å². The monoisotopic (exact) mass is 454 g/mol. The third kappa shape index (κ3) is 5.61. The molecule has 1 N–H and O–H groups in total. The highest BCUT2D eigenvalue weighted by Crippen LogP contribution is 2.22. The Balaban J connectivity index is 1.26. The average molecular weight is 455 g/mol. The smallest absolute Gasteiger partial charge is 0.240 e. The van der Waals surface area contributed by atoms with Crippen molar-refractivity contribution in [3.8, 4) is 11.3 Å². The standard InChI is InChI=1S/C23H26N4O4S/c1-18-7-9-20(10-8-18)21-15-23(31-25-21)24-22(28)16-26-11-13-27(14-12-26)32(29,30)17-19-5-3-2-4-6-19/h2-10,15H,11-14,16-17H2,1H3,(H,24,28). The van der Waals surface area contributed by atoms with Crippen LogP contribution >= 0.6 is 0 Å². The molecule has 0 radical (unpaired) electrons. The van der Waals surface area contributed by atoms with E-state index in [1.54, 1.807) is 6.07 Å². The van der Waals surface area contributed by atoms with Crippen molar-refractivity contribution >= 4 is 21.8 Å². The van der Waals surface area contributed by atoms with Gasteiger partial charge in [0, 0.05) is 37.8 Å². The number of piperazine rings is 1. The van der Waals surface area contributed by atoms with Crippen LogP contribution in [0.5, 0.6) is 0 Å². The molecule has 2 heterocycles. The first kappa shape index (κ1) is 22.2. The van der Waals surface area contributed by atoms with Gasteiger partial charge in [0.25, 0.3) is 0 Å². The number of aromatic nitrogens is 1. The van der Waals surface area contributed by atoms with E-state index in [1.807, 2.05) is 66.4 Å². The summed E-state index contributed by atoms with van der Waals surface area (Å²) in [7, 11) is -3.38. The fourth-order valence-corrected chi connectivity index (χ4v) is 5.13. The largest absolute Gasteiger partial charge is 0.338 e. The minimum atomic E-state index is -3.38. The maximum Gasteiger partial charge on any atom is 0.240 e. The highest BCUT2D eigenvalue weighted by atomic mass is 32.2. The summed E-state index contributed by atoms with van der Waals surface area (Å²) in [5, 5.41) is 6.73. The first-order chi connectivity index (χ1) is 15.4. The highest BCUT2D eigenvalue weighted by molar-refractivity contribution is 7.88. The molecule has 1 fully saturated rings. The van der Waals surface area contributed by atoms with Gasteiger partial charge in [-0.2, -0.15) is 4.31 Å². The quantitative estimate of drug-likeness (QED) is 0.590. The van der Waals surface area contributed by atoms with Gasteiger partial charge in [-0.05, 0) is 12.5 Å². The van der Waals surface area contributed by atoms with E-state index in [-0.39, 0.29) is 24.1 Å². The Bertz CT molecular complexity index is 1150. The molecule has 168 valence electrons. The van der Waals surface area contributed by atoms with Gasteiger partial charge < -0.3 is 4.52 Å². The van der Waals surface area contributed by atoms with Gasteiger partial charge in [-0.1, -0.05) is 65.3 Å². The predicted octanol–water partition coefficient (Wildman–Crippen LogP) is 2.74. The van der Waals surface area contributed by atoms with E-state index in [9.17, 15) is 13.2 Å². The summed E-state index contributed by atoms with van der Waals surface area (Å²) >= 11 is 0. The van der Waals surface area contributed by atoms with Crippen molar-refractivity contribution in [3.05, 3.63) is 71.8 Å². The predicted molar refractivity (Wildman–Crippen MR) is 122 cm³/mol. The number of rotatable bonds is 7. The molecular weight excluding hydrogens is 428 g/mol. The van der Waals surface area contributed by atoms with E-state index in [0.29, 0.717) is 31.9 Å².